The van der Waals surface area contributed by atoms with Crippen LogP contribution >= 0.6 is 0 Å². The van der Waals surface area contributed by atoms with Crippen molar-refractivity contribution in [2.24, 2.45) is 0 Å². The van der Waals surface area contributed by atoms with E-state index in [0.717, 1.165) is 31.6 Å². The van der Waals surface area contributed by atoms with Crippen LogP contribution in [0, 0.1) is 0 Å². The second kappa shape index (κ2) is 5.40. The fourth-order valence-corrected chi connectivity index (χ4v) is 2.45. The van der Waals surface area contributed by atoms with Gasteiger partial charge in [0.05, 0.1) is 5.56 Å². The van der Waals surface area contributed by atoms with Crippen molar-refractivity contribution in [3.05, 3.63) is 29.8 Å². The minimum Gasteiger partial charge on any atom is -0.478 e. The van der Waals surface area contributed by atoms with E-state index in [4.69, 9.17) is 5.11 Å². The van der Waals surface area contributed by atoms with E-state index in [9.17, 15) is 4.79 Å². The van der Waals surface area contributed by atoms with Gasteiger partial charge in [-0.3, -0.25) is 0 Å². The van der Waals surface area contributed by atoms with Gasteiger partial charge in [0.2, 0.25) is 0 Å². The average molecular weight is 248 g/mol. The molecule has 0 atom stereocenters. The summed E-state index contributed by atoms with van der Waals surface area (Å²) < 4.78 is 0. The molecule has 0 saturated carbocycles. The number of carboxylic acid groups (broad SMARTS) is 1. The lowest BCUT2D eigenvalue weighted by atomic mass is 10.0. The highest BCUT2D eigenvalue weighted by atomic mass is 16.4. The maximum atomic E-state index is 11.0. The van der Waals surface area contributed by atoms with E-state index < -0.39 is 5.97 Å². The number of carboxylic acids is 1. The Balaban J connectivity index is 2.10. The van der Waals surface area contributed by atoms with Gasteiger partial charge in [-0.15, -0.1) is 0 Å². The summed E-state index contributed by atoms with van der Waals surface area (Å²) in [5.74, 6) is -0.867. The molecule has 0 unspecified atom stereocenters. The van der Waals surface area contributed by atoms with Crippen LogP contribution in [0.3, 0.4) is 0 Å². The number of piperidine rings is 1. The lowest BCUT2D eigenvalue weighted by Gasteiger charge is -2.36. The van der Waals surface area contributed by atoms with Crippen LogP contribution in [0.25, 0.3) is 0 Å². The highest BCUT2D eigenvalue weighted by Crippen LogP contribution is 2.22. The monoisotopic (exact) mass is 248 g/mol. The maximum Gasteiger partial charge on any atom is 0.335 e. The molecule has 1 aromatic rings. The van der Waals surface area contributed by atoms with E-state index in [-0.39, 0.29) is 0 Å². The summed E-state index contributed by atoms with van der Waals surface area (Å²) in [5.41, 5.74) is 1.34. The van der Waals surface area contributed by atoms with Crippen molar-refractivity contribution in [3.63, 3.8) is 0 Å². The largest absolute Gasteiger partial charge is 0.478 e. The van der Waals surface area contributed by atoms with Crippen molar-refractivity contribution in [2.45, 2.75) is 18.9 Å². The smallest absolute Gasteiger partial charge is 0.335 e. The molecule has 0 amide bonds. The molecular weight excluding hydrogens is 228 g/mol. The molecule has 4 heteroatoms. The maximum absolute atomic E-state index is 11.0. The zero-order valence-corrected chi connectivity index (χ0v) is 11.0. The standard InChI is InChI=1S/C14H20N2O2/c1-15-8-6-12(7-9-15)16(2)13-5-3-4-11(10-13)14(17)18/h3-5,10,12H,6-9H2,1-2H3,(H,17,18). The number of benzene rings is 1. The van der Waals surface area contributed by atoms with E-state index in [1.165, 1.54) is 0 Å². The number of nitrogens with zero attached hydrogens (tertiary/aromatic N) is 2. The highest BCUT2D eigenvalue weighted by Gasteiger charge is 2.21. The van der Waals surface area contributed by atoms with Gasteiger partial charge in [0, 0.05) is 18.8 Å². The SMILES string of the molecule is CN1CCC(N(C)c2cccc(C(=O)O)c2)CC1. The van der Waals surface area contributed by atoms with Crippen LogP contribution in [-0.4, -0.2) is 49.2 Å². The first-order chi connectivity index (χ1) is 8.58. The number of rotatable bonds is 3. The Bertz CT molecular complexity index is 426. The normalized spacial score (nSPS) is 17.7. The molecule has 1 fully saturated rings. The zero-order chi connectivity index (χ0) is 13.1. The Morgan fingerprint density at radius 1 is 1.39 bits per heavy atom. The molecule has 0 radical (unpaired) electrons. The minimum absolute atomic E-state index is 0.354. The van der Waals surface area contributed by atoms with Crippen LogP contribution in [0.4, 0.5) is 5.69 Å². The van der Waals surface area contributed by atoms with E-state index in [0.29, 0.717) is 11.6 Å². The third-order valence-corrected chi connectivity index (χ3v) is 3.74. The van der Waals surface area contributed by atoms with Gasteiger partial charge in [0.15, 0.2) is 0 Å². The number of carbonyl (C=O) groups is 1. The van der Waals surface area contributed by atoms with Gasteiger partial charge in [-0.05, 0) is 51.2 Å². The molecular formula is C14H20N2O2. The minimum atomic E-state index is -0.867. The first-order valence-corrected chi connectivity index (χ1v) is 6.32. The lowest BCUT2D eigenvalue weighted by Crippen LogP contribution is -2.42. The Morgan fingerprint density at radius 3 is 2.67 bits per heavy atom. The number of hydrogen-bond donors (Lipinski definition) is 1. The summed E-state index contributed by atoms with van der Waals surface area (Å²) in [6.45, 7) is 2.21. The Labute approximate surface area is 108 Å². The molecule has 0 spiro atoms. The third kappa shape index (κ3) is 2.82. The number of aromatic carboxylic acids is 1. The molecule has 1 saturated heterocycles. The molecule has 2 rings (SSSR count). The predicted molar refractivity (Wildman–Crippen MR) is 72.3 cm³/mol. The second-order valence-corrected chi connectivity index (χ2v) is 5.00. The number of hydrogen-bond acceptors (Lipinski definition) is 3. The van der Waals surface area contributed by atoms with Crippen molar-refractivity contribution >= 4 is 11.7 Å². The predicted octanol–water partition coefficient (Wildman–Crippen LogP) is 1.92. The first-order valence-electron chi connectivity index (χ1n) is 6.32. The molecule has 98 valence electrons. The summed E-state index contributed by atoms with van der Waals surface area (Å²) in [7, 11) is 4.19. The molecule has 4 nitrogen and oxygen atoms in total. The fourth-order valence-electron chi connectivity index (χ4n) is 2.45. The summed E-state index contributed by atoms with van der Waals surface area (Å²) in [4.78, 5) is 15.5. The number of anilines is 1. The van der Waals surface area contributed by atoms with Crippen LogP contribution in [0.1, 0.15) is 23.2 Å². The van der Waals surface area contributed by atoms with Gasteiger partial charge in [-0.2, -0.15) is 0 Å². The van der Waals surface area contributed by atoms with Crippen LogP contribution in [-0.2, 0) is 0 Å². The molecule has 1 aliphatic rings. The van der Waals surface area contributed by atoms with Crippen molar-refractivity contribution in [3.8, 4) is 0 Å². The Kier molecular flexibility index (Phi) is 3.87. The van der Waals surface area contributed by atoms with E-state index in [2.05, 4.69) is 23.9 Å². The molecule has 0 bridgehead atoms. The Morgan fingerprint density at radius 2 is 2.06 bits per heavy atom. The Hall–Kier alpha value is -1.55. The molecule has 1 N–H and O–H groups in total. The summed E-state index contributed by atoms with van der Waals surface area (Å²) in [6.07, 6.45) is 2.26. The van der Waals surface area contributed by atoms with Gasteiger partial charge >= 0.3 is 5.97 Å². The van der Waals surface area contributed by atoms with Crippen LogP contribution in [0.15, 0.2) is 24.3 Å². The van der Waals surface area contributed by atoms with E-state index >= 15 is 0 Å². The highest BCUT2D eigenvalue weighted by molar-refractivity contribution is 5.88. The molecule has 1 heterocycles. The zero-order valence-electron chi connectivity index (χ0n) is 11.0. The van der Waals surface area contributed by atoms with Crippen molar-refractivity contribution in [2.75, 3.05) is 32.1 Å². The third-order valence-electron chi connectivity index (χ3n) is 3.74. The summed E-state index contributed by atoms with van der Waals surface area (Å²) in [5, 5.41) is 9.01. The van der Waals surface area contributed by atoms with Crippen LogP contribution in [0.5, 0.6) is 0 Å². The molecule has 0 aliphatic carbocycles. The van der Waals surface area contributed by atoms with Gasteiger partial charge in [0.25, 0.3) is 0 Å². The van der Waals surface area contributed by atoms with E-state index in [1.54, 1.807) is 12.1 Å². The molecule has 1 aromatic carbocycles. The average Bonchev–Trinajstić information content (AvgIpc) is 2.39. The topological polar surface area (TPSA) is 43.8 Å². The van der Waals surface area contributed by atoms with Gasteiger partial charge in [-0.1, -0.05) is 6.07 Å². The van der Waals surface area contributed by atoms with E-state index in [1.807, 2.05) is 12.1 Å². The van der Waals surface area contributed by atoms with Crippen LogP contribution in [0.2, 0.25) is 0 Å². The van der Waals surface area contributed by atoms with Crippen molar-refractivity contribution in [1.29, 1.82) is 0 Å². The lowest BCUT2D eigenvalue weighted by molar-refractivity contribution is 0.0697. The van der Waals surface area contributed by atoms with Gasteiger partial charge in [-0.25, -0.2) is 4.79 Å². The quantitative estimate of drug-likeness (QED) is 0.887. The molecule has 0 aromatic heterocycles. The van der Waals surface area contributed by atoms with Crippen molar-refractivity contribution < 1.29 is 9.90 Å². The number of likely N-dealkylation sites (tertiary alicyclic amines) is 1. The fraction of sp³-hybridized carbons (Fsp3) is 0.500. The summed E-state index contributed by atoms with van der Waals surface area (Å²) in [6, 6.07) is 7.68. The van der Waals surface area contributed by atoms with Crippen LogP contribution < -0.4 is 4.90 Å². The first kappa shape index (κ1) is 12.9. The van der Waals surface area contributed by atoms with Gasteiger partial charge < -0.3 is 14.9 Å². The molecule has 1 aliphatic heterocycles. The summed E-state index contributed by atoms with van der Waals surface area (Å²) >= 11 is 0. The molecule has 18 heavy (non-hydrogen) atoms. The second-order valence-electron chi connectivity index (χ2n) is 5.00. The van der Waals surface area contributed by atoms with Crippen molar-refractivity contribution in [1.82, 2.24) is 4.90 Å². The van der Waals surface area contributed by atoms with Gasteiger partial charge in [0.1, 0.15) is 0 Å².